The molecule has 3 rings (SSSR count). The summed E-state index contributed by atoms with van der Waals surface area (Å²) < 4.78 is 0. The number of benzene rings is 1. The lowest BCUT2D eigenvalue weighted by Crippen LogP contribution is -2.42. The van der Waals surface area contributed by atoms with Crippen molar-refractivity contribution in [3.8, 4) is 0 Å². The van der Waals surface area contributed by atoms with E-state index in [1.807, 2.05) is 19.0 Å². The van der Waals surface area contributed by atoms with Crippen molar-refractivity contribution in [3.05, 3.63) is 53.6 Å². The molecule has 24 heavy (non-hydrogen) atoms. The quantitative estimate of drug-likeness (QED) is 0.850. The normalized spacial score (nSPS) is 15.5. The number of amides is 1. The van der Waals surface area contributed by atoms with E-state index in [-0.39, 0.29) is 11.3 Å². The number of imidazole rings is 1. The predicted molar refractivity (Wildman–Crippen MR) is 94.6 cm³/mol. The molecule has 5 heteroatoms. The summed E-state index contributed by atoms with van der Waals surface area (Å²) in [5, 5.41) is 0. The summed E-state index contributed by atoms with van der Waals surface area (Å²) in [5.74, 6) is 0.239. The van der Waals surface area contributed by atoms with Gasteiger partial charge < -0.3 is 14.8 Å². The predicted octanol–water partition coefficient (Wildman–Crippen LogP) is 2.34. The van der Waals surface area contributed by atoms with E-state index in [1.165, 1.54) is 5.56 Å². The average molecular weight is 326 g/mol. The summed E-state index contributed by atoms with van der Waals surface area (Å²) in [6, 6.07) is 8.42. The van der Waals surface area contributed by atoms with Crippen molar-refractivity contribution >= 4 is 5.91 Å². The van der Waals surface area contributed by atoms with Crippen molar-refractivity contribution in [2.24, 2.45) is 0 Å². The maximum Gasteiger partial charge on any atom is 0.233 e. The fourth-order valence-electron chi connectivity index (χ4n) is 3.08. The molecule has 1 aliphatic carbocycles. The number of hydrogen-bond donors (Lipinski definition) is 1. The second kappa shape index (κ2) is 6.77. The number of hydrogen-bond acceptors (Lipinski definition) is 3. The Morgan fingerprint density at radius 1 is 1.21 bits per heavy atom. The van der Waals surface area contributed by atoms with Crippen LogP contribution in [0.4, 0.5) is 0 Å². The smallest absolute Gasteiger partial charge is 0.233 e. The van der Waals surface area contributed by atoms with E-state index in [9.17, 15) is 4.79 Å². The molecule has 1 aromatic heterocycles. The largest absolute Gasteiger partial charge is 0.347 e. The zero-order valence-electron chi connectivity index (χ0n) is 14.7. The molecule has 1 aromatic carbocycles. The van der Waals surface area contributed by atoms with Crippen LogP contribution < -0.4 is 0 Å². The summed E-state index contributed by atoms with van der Waals surface area (Å²) in [6.07, 6.45) is 5.34. The number of carbonyl (C=O) groups is 1. The number of aromatic amines is 1. The van der Waals surface area contributed by atoms with Gasteiger partial charge in [-0.15, -0.1) is 0 Å². The van der Waals surface area contributed by atoms with Crippen LogP contribution in [-0.4, -0.2) is 52.9 Å². The lowest BCUT2D eigenvalue weighted by atomic mass is 9.93. The van der Waals surface area contributed by atoms with E-state index < -0.39 is 0 Å². The van der Waals surface area contributed by atoms with E-state index in [4.69, 9.17) is 0 Å². The van der Waals surface area contributed by atoms with Crippen molar-refractivity contribution in [1.82, 2.24) is 19.8 Å². The number of carbonyl (C=O) groups excluding carboxylic acids is 1. The molecule has 5 nitrogen and oxygen atoms in total. The molecule has 0 bridgehead atoms. The number of likely N-dealkylation sites (N-methyl/N-ethyl adjacent to an activating group) is 1. The molecule has 2 aromatic rings. The number of H-pyrrole nitrogens is 1. The third-order valence-electron chi connectivity index (χ3n) is 4.78. The highest BCUT2D eigenvalue weighted by Gasteiger charge is 2.52. The fourth-order valence-corrected chi connectivity index (χ4v) is 3.08. The van der Waals surface area contributed by atoms with Gasteiger partial charge in [-0.25, -0.2) is 4.98 Å². The number of aryl methyl sites for hydroxylation is 1. The van der Waals surface area contributed by atoms with Crippen LogP contribution in [0.2, 0.25) is 0 Å². The monoisotopic (exact) mass is 326 g/mol. The highest BCUT2D eigenvalue weighted by Crippen LogP contribution is 2.49. The second-order valence-electron chi connectivity index (χ2n) is 7.05. The Balaban J connectivity index is 1.80. The third-order valence-corrected chi connectivity index (χ3v) is 4.78. The van der Waals surface area contributed by atoms with Gasteiger partial charge in [-0.1, -0.05) is 29.8 Å². The molecule has 0 spiro atoms. The van der Waals surface area contributed by atoms with Crippen molar-refractivity contribution in [1.29, 1.82) is 0 Å². The van der Waals surface area contributed by atoms with E-state index in [2.05, 4.69) is 46.1 Å². The fraction of sp³-hybridized carbons (Fsp3) is 0.474. The van der Waals surface area contributed by atoms with Gasteiger partial charge in [0.05, 0.1) is 24.0 Å². The molecular formula is C19H26N4O. The molecule has 128 valence electrons. The van der Waals surface area contributed by atoms with Crippen LogP contribution in [0.5, 0.6) is 0 Å². The first-order valence-corrected chi connectivity index (χ1v) is 8.50. The van der Waals surface area contributed by atoms with Crippen molar-refractivity contribution in [2.75, 3.05) is 27.2 Å². The van der Waals surface area contributed by atoms with E-state index in [1.54, 1.807) is 12.5 Å². The number of aromatic nitrogens is 2. The molecule has 1 N–H and O–H groups in total. The first kappa shape index (κ1) is 16.7. The van der Waals surface area contributed by atoms with Gasteiger partial charge in [0, 0.05) is 19.3 Å². The molecule has 0 radical (unpaired) electrons. The van der Waals surface area contributed by atoms with Gasteiger partial charge >= 0.3 is 0 Å². The van der Waals surface area contributed by atoms with Crippen LogP contribution in [0, 0.1) is 6.92 Å². The van der Waals surface area contributed by atoms with E-state index in [0.717, 1.165) is 37.2 Å². The Hall–Kier alpha value is -2.14. The summed E-state index contributed by atoms with van der Waals surface area (Å²) in [5.41, 5.74) is 3.03. The summed E-state index contributed by atoms with van der Waals surface area (Å²) in [7, 11) is 4.07. The SMILES string of the molecule is Cc1ccc(C2(C(=O)N(CCN(C)C)Cc3cnc[nH]3)CC2)cc1. The van der Waals surface area contributed by atoms with Gasteiger partial charge in [-0.05, 0) is 39.4 Å². The number of rotatable bonds is 7. The second-order valence-corrected chi connectivity index (χ2v) is 7.05. The van der Waals surface area contributed by atoms with Gasteiger partial charge in [0.1, 0.15) is 0 Å². The van der Waals surface area contributed by atoms with Crippen LogP contribution in [0.1, 0.15) is 29.7 Å². The summed E-state index contributed by atoms with van der Waals surface area (Å²) in [6.45, 7) is 4.23. The molecule has 1 saturated carbocycles. The van der Waals surface area contributed by atoms with Crippen LogP contribution in [0.15, 0.2) is 36.8 Å². The molecule has 0 unspecified atom stereocenters. The van der Waals surface area contributed by atoms with Gasteiger partial charge in [0.25, 0.3) is 0 Å². The molecule has 1 heterocycles. The van der Waals surface area contributed by atoms with Gasteiger partial charge in [0.15, 0.2) is 0 Å². The lowest BCUT2D eigenvalue weighted by Gasteiger charge is -2.28. The van der Waals surface area contributed by atoms with E-state index in [0.29, 0.717) is 6.54 Å². The van der Waals surface area contributed by atoms with Crippen LogP contribution in [0.3, 0.4) is 0 Å². The van der Waals surface area contributed by atoms with Gasteiger partial charge in [0.2, 0.25) is 5.91 Å². The number of nitrogens with one attached hydrogen (secondary N) is 1. The maximum atomic E-state index is 13.3. The molecule has 1 amide bonds. The molecule has 1 aliphatic rings. The Labute approximate surface area is 143 Å². The maximum absolute atomic E-state index is 13.3. The minimum atomic E-state index is -0.319. The highest BCUT2D eigenvalue weighted by molar-refractivity contribution is 5.91. The van der Waals surface area contributed by atoms with Crippen molar-refractivity contribution in [3.63, 3.8) is 0 Å². The minimum absolute atomic E-state index is 0.239. The topological polar surface area (TPSA) is 52.2 Å². The number of nitrogens with zero attached hydrogens (tertiary/aromatic N) is 3. The summed E-state index contributed by atoms with van der Waals surface area (Å²) >= 11 is 0. The third kappa shape index (κ3) is 3.51. The van der Waals surface area contributed by atoms with Crippen molar-refractivity contribution < 1.29 is 4.79 Å². The molecule has 0 atom stereocenters. The Bertz CT molecular complexity index is 672. The van der Waals surface area contributed by atoms with E-state index >= 15 is 0 Å². The zero-order valence-corrected chi connectivity index (χ0v) is 14.7. The average Bonchev–Trinajstić information content (AvgIpc) is 3.21. The van der Waals surface area contributed by atoms with Crippen molar-refractivity contribution in [2.45, 2.75) is 31.7 Å². The van der Waals surface area contributed by atoms with Gasteiger partial charge in [-0.3, -0.25) is 4.79 Å². The Morgan fingerprint density at radius 3 is 2.46 bits per heavy atom. The molecule has 1 fully saturated rings. The first-order valence-electron chi connectivity index (χ1n) is 8.50. The van der Waals surface area contributed by atoms with Gasteiger partial charge in [-0.2, -0.15) is 0 Å². The standard InChI is InChI=1S/C19H26N4O/c1-15-4-6-16(7-5-15)19(8-9-19)18(24)23(11-10-22(2)3)13-17-12-20-14-21-17/h4-7,12,14H,8-11,13H2,1-3H3,(H,20,21). The Kier molecular flexibility index (Phi) is 4.71. The van der Waals surface area contributed by atoms with Crippen LogP contribution in [-0.2, 0) is 16.8 Å². The van der Waals surface area contributed by atoms with Crippen LogP contribution in [0.25, 0.3) is 0 Å². The molecule has 0 saturated heterocycles. The minimum Gasteiger partial charge on any atom is -0.347 e. The summed E-state index contributed by atoms with van der Waals surface area (Å²) in [4.78, 5) is 24.6. The molecule has 0 aliphatic heterocycles. The molecular weight excluding hydrogens is 300 g/mol. The highest BCUT2D eigenvalue weighted by atomic mass is 16.2. The zero-order chi connectivity index (χ0) is 17.2. The van der Waals surface area contributed by atoms with Crippen LogP contribution >= 0.6 is 0 Å². The first-order chi connectivity index (χ1) is 11.5. The Morgan fingerprint density at radius 2 is 1.92 bits per heavy atom. The lowest BCUT2D eigenvalue weighted by molar-refractivity contribution is -0.134.